The van der Waals surface area contributed by atoms with Gasteiger partial charge in [0, 0.05) is 12.0 Å². The smallest absolute Gasteiger partial charge is 0.358 e. The molecule has 2 heterocycles. The van der Waals surface area contributed by atoms with Gasteiger partial charge in [-0.25, -0.2) is 9.48 Å². The molecule has 0 bridgehead atoms. The van der Waals surface area contributed by atoms with Gasteiger partial charge in [-0.3, -0.25) is 0 Å². The Morgan fingerprint density at radius 1 is 1.26 bits per heavy atom. The molecular formula is C16H16N4O3. The van der Waals surface area contributed by atoms with E-state index in [-0.39, 0.29) is 5.69 Å². The first-order chi connectivity index (χ1) is 11.1. The van der Waals surface area contributed by atoms with Crippen LogP contribution in [0.2, 0.25) is 0 Å². The third kappa shape index (κ3) is 2.98. The molecule has 3 rings (SSSR count). The third-order valence-corrected chi connectivity index (χ3v) is 3.74. The Morgan fingerprint density at radius 2 is 2.00 bits per heavy atom. The van der Waals surface area contributed by atoms with Gasteiger partial charge in [0.25, 0.3) is 0 Å². The summed E-state index contributed by atoms with van der Waals surface area (Å²) < 4.78 is 6.75. The van der Waals surface area contributed by atoms with E-state index in [1.807, 2.05) is 44.2 Å². The number of nitrogens with zero attached hydrogens (tertiary/aromatic N) is 4. The number of carboxylic acids is 1. The molecule has 7 heteroatoms. The van der Waals surface area contributed by atoms with E-state index in [9.17, 15) is 9.90 Å². The Balaban J connectivity index is 1.99. The molecule has 0 amide bonds. The van der Waals surface area contributed by atoms with Gasteiger partial charge >= 0.3 is 5.97 Å². The van der Waals surface area contributed by atoms with E-state index in [2.05, 4.69) is 15.5 Å². The van der Waals surface area contributed by atoms with Gasteiger partial charge in [-0.05, 0) is 19.4 Å². The number of rotatable bonds is 5. The van der Waals surface area contributed by atoms with Crippen molar-refractivity contribution in [2.45, 2.75) is 26.8 Å². The van der Waals surface area contributed by atoms with Crippen molar-refractivity contribution in [1.29, 1.82) is 0 Å². The maximum atomic E-state index is 11.4. The van der Waals surface area contributed by atoms with Crippen molar-refractivity contribution in [2.24, 2.45) is 0 Å². The van der Waals surface area contributed by atoms with Crippen LogP contribution in [0, 0.1) is 13.8 Å². The van der Waals surface area contributed by atoms with Crippen LogP contribution in [0.4, 0.5) is 0 Å². The summed E-state index contributed by atoms with van der Waals surface area (Å²) in [5.41, 5.74) is 3.18. The summed E-state index contributed by atoms with van der Waals surface area (Å²) in [6, 6.07) is 9.63. The molecule has 0 spiro atoms. The lowest BCUT2D eigenvalue weighted by atomic mass is 10.1. The van der Waals surface area contributed by atoms with Gasteiger partial charge in [0.2, 0.25) is 0 Å². The van der Waals surface area contributed by atoms with Gasteiger partial charge in [-0.1, -0.05) is 40.7 Å². The minimum absolute atomic E-state index is 0.0272. The van der Waals surface area contributed by atoms with Gasteiger partial charge in [-0.2, -0.15) is 0 Å². The summed E-state index contributed by atoms with van der Waals surface area (Å²) in [7, 11) is 0. The largest absolute Gasteiger partial charge is 0.476 e. The highest BCUT2D eigenvalue weighted by Crippen LogP contribution is 2.18. The van der Waals surface area contributed by atoms with Crippen LogP contribution in [0.3, 0.4) is 0 Å². The Bertz CT molecular complexity index is 817. The van der Waals surface area contributed by atoms with Crippen LogP contribution in [0.15, 0.2) is 34.9 Å². The predicted octanol–water partition coefficient (Wildman–Crippen LogP) is 2.22. The number of aromatic nitrogens is 4. The standard InChI is InChI=1S/C16H16N4O3/c1-10-13(11(2)23-18-10)9-20-14(15(16(21)22)17-19-20)8-12-6-4-3-5-7-12/h3-7H,8-9H2,1-2H3,(H,21,22). The highest BCUT2D eigenvalue weighted by Gasteiger charge is 2.21. The van der Waals surface area contributed by atoms with Crippen LogP contribution in [-0.2, 0) is 13.0 Å². The topological polar surface area (TPSA) is 94.0 Å². The number of carbonyl (C=O) groups is 1. The van der Waals surface area contributed by atoms with Gasteiger partial charge in [0.05, 0.1) is 17.9 Å². The third-order valence-electron chi connectivity index (χ3n) is 3.74. The van der Waals surface area contributed by atoms with Crippen molar-refractivity contribution >= 4 is 5.97 Å². The summed E-state index contributed by atoms with van der Waals surface area (Å²) in [6.07, 6.45) is 0.443. The van der Waals surface area contributed by atoms with Crippen molar-refractivity contribution in [3.63, 3.8) is 0 Å². The minimum Gasteiger partial charge on any atom is -0.476 e. The molecule has 1 N–H and O–H groups in total. The van der Waals surface area contributed by atoms with E-state index in [4.69, 9.17) is 4.52 Å². The number of aromatic carboxylic acids is 1. The normalized spacial score (nSPS) is 10.9. The Hall–Kier alpha value is -2.96. The molecule has 0 aliphatic carbocycles. The first-order valence-electron chi connectivity index (χ1n) is 7.17. The fourth-order valence-corrected chi connectivity index (χ4v) is 2.47. The van der Waals surface area contributed by atoms with Gasteiger partial charge in [0.15, 0.2) is 5.69 Å². The number of hydrogen-bond acceptors (Lipinski definition) is 5. The first-order valence-corrected chi connectivity index (χ1v) is 7.17. The molecule has 0 saturated carbocycles. The van der Waals surface area contributed by atoms with Crippen molar-refractivity contribution in [3.05, 3.63) is 64.3 Å². The molecule has 0 fully saturated rings. The molecule has 118 valence electrons. The average Bonchev–Trinajstić information content (AvgIpc) is 3.07. The summed E-state index contributed by atoms with van der Waals surface area (Å²) in [6.45, 7) is 4.04. The maximum Gasteiger partial charge on any atom is 0.358 e. The molecule has 0 saturated heterocycles. The monoisotopic (exact) mass is 312 g/mol. The fraction of sp³-hybridized carbons (Fsp3) is 0.250. The van der Waals surface area contributed by atoms with Crippen LogP contribution in [0.25, 0.3) is 0 Å². The van der Waals surface area contributed by atoms with Crippen LogP contribution < -0.4 is 0 Å². The first kappa shape index (κ1) is 15.0. The van der Waals surface area contributed by atoms with Crippen LogP contribution in [0.1, 0.15) is 38.8 Å². The highest BCUT2D eigenvalue weighted by atomic mass is 16.5. The molecule has 0 aliphatic rings. The maximum absolute atomic E-state index is 11.4. The quantitative estimate of drug-likeness (QED) is 0.776. The zero-order valence-electron chi connectivity index (χ0n) is 12.9. The van der Waals surface area contributed by atoms with Crippen molar-refractivity contribution in [1.82, 2.24) is 20.2 Å². The lowest BCUT2D eigenvalue weighted by molar-refractivity contribution is 0.0689. The summed E-state index contributed by atoms with van der Waals surface area (Å²) in [4.78, 5) is 11.4. The van der Waals surface area contributed by atoms with E-state index in [1.165, 1.54) is 0 Å². The number of carboxylic acid groups (broad SMARTS) is 1. The van der Waals surface area contributed by atoms with Crippen LogP contribution in [0.5, 0.6) is 0 Å². The van der Waals surface area contributed by atoms with E-state index >= 15 is 0 Å². The van der Waals surface area contributed by atoms with Gasteiger partial charge in [-0.15, -0.1) is 5.10 Å². The Labute approximate surface area is 132 Å². The molecule has 0 aliphatic heterocycles. The molecule has 7 nitrogen and oxygen atoms in total. The number of hydrogen-bond donors (Lipinski definition) is 1. The Morgan fingerprint density at radius 3 is 2.61 bits per heavy atom. The van der Waals surface area contributed by atoms with Crippen molar-refractivity contribution in [3.8, 4) is 0 Å². The molecular weight excluding hydrogens is 296 g/mol. The summed E-state index contributed by atoms with van der Waals surface area (Å²) in [5.74, 6) is -0.388. The van der Waals surface area contributed by atoms with Crippen molar-refractivity contribution < 1.29 is 14.4 Å². The summed E-state index contributed by atoms with van der Waals surface area (Å²) in [5, 5.41) is 21.1. The van der Waals surface area contributed by atoms with E-state index < -0.39 is 5.97 Å². The average molecular weight is 312 g/mol. The van der Waals surface area contributed by atoms with E-state index in [1.54, 1.807) is 4.68 Å². The number of benzene rings is 1. The Kier molecular flexibility index (Phi) is 3.92. The molecule has 3 aromatic rings. The second-order valence-electron chi connectivity index (χ2n) is 5.31. The number of aryl methyl sites for hydroxylation is 2. The molecule has 2 aromatic heterocycles. The summed E-state index contributed by atoms with van der Waals surface area (Å²) >= 11 is 0. The molecule has 0 radical (unpaired) electrons. The van der Waals surface area contributed by atoms with E-state index in [0.29, 0.717) is 24.4 Å². The minimum atomic E-state index is -1.08. The molecule has 1 aromatic carbocycles. The highest BCUT2D eigenvalue weighted by molar-refractivity contribution is 5.86. The van der Waals surface area contributed by atoms with Gasteiger partial charge in [0.1, 0.15) is 5.76 Å². The van der Waals surface area contributed by atoms with Gasteiger partial charge < -0.3 is 9.63 Å². The molecule has 23 heavy (non-hydrogen) atoms. The van der Waals surface area contributed by atoms with E-state index in [0.717, 1.165) is 16.8 Å². The van der Waals surface area contributed by atoms with Crippen molar-refractivity contribution in [2.75, 3.05) is 0 Å². The second kappa shape index (κ2) is 6.04. The van der Waals surface area contributed by atoms with Crippen LogP contribution >= 0.6 is 0 Å². The zero-order chi connectivity index (χ0) is 16.4. The SMILES string of the molecule is Cc1noc(C)c1Cn1nnc(C(=O)O)c1Cc1ccccc1. The lowest BCUT2D eigenvalue weighted by Crippen LogP contribution is -2.11. The van der Waals surface area contributed by atoms with Crippen LogP contribution in [-0.4, -0.2) is 31.2 Å². The zero-order valence-corrected chi connectivity index (χ0v) is 12.9. The second-order valence-corrected chi connectivity index (χ2v) is 5.31. The predicted molar refractivity (Wildman–Crippen MR) is 81.3 cm³/mol. The fourth-order valence-electron chi connectivity index (χ4n) is 2.47. The lowest BCUT2D eigenvalue weighted by Gasteiger charge is -2.07. The molecule has 0 unspecified atom stereocenters. The molecule has 0 atom stereocenters.